The Balaban J connectivity index is 2.96. The Labute approximate surface area is 117 Å². The Bertz CT molecular complexity index is 331. The molecule has 3 atom stereocenters. The van der Waals surface area contributed by atoms with E-state index in [1.165, 1.54) is 5.57 Å². The van der Waals surface area contributed by atoms with Gasteiger partial charge in [-0.2, -0.15) is 0 Å². The van der Waals surface area contributed by atoms with Gasteiger partial charge in [0.1, 0.15) is 0 Å². The zero-order valence-electron chi connectivity index (χ0n) is 12.5. The van der Waals surface area contributed by atoms with Crippen molar-refractivity contribution >= 4 is 0 Å². The number of hydrogen-bond acceptors (Lipinski definition) is 3. The summed E-state index contributed by atoms with van der Waals surface area (Å²) in [6, 6.07) is 0. The van der Waals surface area contributed by atoms with Gasteiger partial charge in [0.25, 0.3) is 0 Å². The lowest BCUT2D eigenvalue weighted by atomic mass is 9.61. The molecule has 0 aromatic heterocycles. The average Bonchev–Trinajstić information content (AvgIpc) is 2.34. The van der Waals surface area contributed by atoms with E-state index in [-0.39, 0.29) is 12.5 Å². The van der Waals surface area contributed by atoms with Gasteiger partial charge in [-0.1, -0.05) is 23.8 Å². The summed E-state index contributed by atoms with van der Waals surface area (Å²) in [6.07, 6.45) is 4.97. The summed E-state index contributed by atoms with van der Waals surface area (Å²) in [7, 11) is 1.65. The Morgan fingerprint density at radius 3 is 2.74 bits per heavy atom. The van der Waals surface area contributed by atoms with Gasteiger partial charge in [0.15, 0.2) is 0 Å². The van der Waals surface area contributed by atoms with Crippen LogP contribution >= 0.6 is 0 Å². The average molecular weight is 268 g/mol. The van der Waals surface area contributed by atoms with E-state index in [4.69, 9.17) is 4.74 Å². The third kappa shape index (κ3) is 3.68. The molecule has 2 N–H and O–H groups in total. The smallest absolute Gasteiger partial charge is 0.0628 e. The fourth-order valence-electron chi connectivity index (χ4n) is 3.24. The lowest BCUT2D eigenvalue weighted by molar-refractivity contribution is -0.0936. The fraction of sp³-hybridized carbons (Fsp3) is 0.750. The standard InChI is InChI=1S/C16H28O3/c1-12(2)6-5-9-16(11-19-4)14(10-17)13(3)7-8-15(16)18/h6,14-15,17-18H,3,5,7-11H2,1-2,4H3/t14-,15+,16-/m0/s1. The molecule has 1 aliphatic carbocycles. The van der Waals surface area contributed by atoms with Crippen molar-refractivity contribution in [2.24, 2.45) is 11.3 Å². The van der Waals surface area contributed by atoms with Crippen LogP contribution in [-0.2, 0) is 4.74 Å². The minimum atomic E-state index is -0.430. The molecule has 0 saturated heterocycles. The van der Waals surface area contributed by atoms with Gasteiger partial charge in [0.2, 0.25) is 0 Å². The predicted molar refractivity (Wildman–Crippen MR) is 77.9 cm³/mol. The molecule has 0 amide bonds. The summed E-state index contributed by atoms with van der Waals surface area (Å²) in [5, 5.41) is 20.2. The van der Waals surface area contributed by atoms with Gasteiger partial charge in [0.05, 0.1) is 19.3 Å². The van der Waals surface area contributed by atoms with Gasteiger partial charge in [-0.05, 0) is 39.5 Å². The number of allylic oxidation sites excluding steroid dienone is 2. The first-order chi connectivity index (χ1) is 8.97. The van der Waals surface area contributed by atoms with E-state index < -0.39 is 11.5 Å². The molecule has 0 bridgehead atoms. The molecule has 0 spiro atoms. The minimum absolute atomic E-state index is 0.0358. The lowest BCUT2D eigenvalue weighted by Crippen LogP contribution is -2.50. The Morgan fingerprint density at radius 2 is 2.21 bits per heavy atom. The highest BCUT2D eigenvalue weighted by Crippen LogP contribution is 2.47. The van der Waals surface area contributed by atoms with Crippen LogP contribution in [0.4, 0.5) is 0 Å². The SMILES string of the molecule is C=C1CC[C@@H](O)[C@@](CCC=C(C)C)(COC)[C@H]1CO. The zero-order valence-corrected chi connectivity index (χ0v) is 12.5. The van der Waals surface area contributed by atoms with Crippen molar-refractivity contribution in [2.45, 2.75) is 45.6 Å². The Hall–Kier alpha value is -0.640. The molecule has 110 valence electrons. The highest BCUT2D eigenvalue weighted by Gasteiger charge is 2.47. The summed E-state index contributed by atoms with van der Waals surface area (Å²) in [4.78, 5) is 0. The summed E-state index contributed by atoms with van der Waals surface area (Å²) >= 11 is 0. The molecule has 0 heterocycles. The molecule has 3 nitrogen and oxygen atoms in total. The topological polar surface area (TPSA) is 49.7 Å². The second-order valence-electron chi connectivity index (χ2n) is 5.93. The molecule has 0 aliphatic heterocycles. The highest BCUT2D eigenvalue weighted by molar-refractivity contribution is 5.15. The highest BCUT2D eigenvalue weighted by atomic mass is 16.5. The molecule has 19 heavy (non-hydrogen) atoms. The van der Waals surface area contributed by atoms with E-state index in [1.54, 1.807) is 7.11 Å². The molecular formula is C16H28O3. The normalized spacial score (nSPS) is 31.3. The Morgan fingerprint density at radius 1 is 1.53 bits per heavy atom. The van der Waals surface area contributed by atoms with Gasteiger partial charge in [0, 0.05) is 18.4 Å². The van der Waals surface area contributed by atoms with Crippen LogP contribution in [0.5, 0.6) is 0 Å². The van der Waals surface area contributed by atoms with Gasteiger partial charge in [-0.15, -0.1) is 0 Å². The summed E-state index contributed by atoms with van der Waals surface area (Å²) in [5.74, 6) is -0.0678. The largest absolute Gasteiger partial charge is 0.396 e. The van der Waals surface area contributed by atoms with E-state index in [0.29, 0.717) is 13.0 Å². The van der Waals surface area contributed by atoms with Crippen LogP contribution in [0.25, 0.3) is 0 Å². The summed E-state index contributed by atoms with van der Waals surface area (Å²) in [5.41, 5.74) is 1.92. The van der Waals surface area contributed by atoms with Crippen LogP contribution in [0.15, 0.2) is 23.8 Å². The number of aliphatic hydroxyl groups is 2. The molecule has 3 heteroatoms. The van der Waals surface area contributed by atoms with E-state index in [9.17, 15) is 10.2 Å². The maximum absolute atomic E-state index is 10.5. The van der Waals surface area contributed by atoms with Crippen molar-refractivity contribution in [3.8, 4) is 0 Å². The zero-order chi connectivity index (χ0) is 14.5. The summed E-state index contributed by atoms with van der Waals surface area (Å²) in [6.45, 7) is 8.73. The third-order valence-corrected chi connectivity index (χ3v) is 4.35. The molecule has 0 aromatic carbocycles. The van der Waals surface area contributed by atoms with Crippen molar-refractivity contribution in [1.29, 1.82) is 0 Å². The number of aliphatic hydroxyl groups excluding tert-OH is 2. The van der Waals surface area contributed by atoms with E-state index in [2.05, 4.69) is 26.5 Å². The maximum Gasteiger partial charge on any atom is 0.0628 e. The van der Waals surface area contributed by atoms with Crippen molar-refractivity contribution in [1.82, 2.24) is 0 Å². The molecule has 1 rings (SSSR count). The van der Waals surface area contributed by atoms with Gasteiger partial charge in [-0.3, -0.25) is 0 Å². The first kappa shape index (κ1) is 16.4. The number of methoxy groups -OCH3 is 1. The molecule has 1 saturated carbocycles. The van der Waals surface area contributed by atoms with Crippen LogP contribution in [0.2, 0.25) is 0 Å². The predicted octanol–water partition coefficient (Wildman–Crippen LogP) is 2.69. The summed E-state index contributed by atoms with van der Waals surface area (Å²) < 4.78 is 5.36. The first-order valence-corrected chi connectivity index (χ1v) is 7.07. The van der Waals surface area contributed by atoms with Gasteiger partial charge in [-0.25, -0.2) is 0 Å². The Kier molecular flexibility index (Phi) is 6.24. The van der Waals surface area contributed by atoms with Crippen molar-refractivity contribution in [2.75, 3.05) is 20.3 Å². The van der Waals surface area contributed by atoms with Crippen molar-refractivity contribution in [3.63, 3.8) is 0 Å². The number of rotatable bonds is 6. The molecule has 0 radical (unpaired) electrons. The van der Waals surface area contributed by atoms with E-state index in [0.717, 1.165) is 24.8 Å². The van der Waals surface area contributed by atoms with Gasteiger partial charge < -0.3 is 14.9 Å². The molecule has 0 aromatic rings. The number of ether oxygens (including phenoxy) is 1. The molecule has 0 unspecified atom stereocenters. The first-order valence-electron chi connectivity index (χ1n) is 7.07. The minimum Gasteiger partial charge on any atom is -0.396 e. The maximum atomic E-state index is 10.5. The van der Waals surface area contributed by atoms with Crippen LogP contribution in [0.1, 0.15) is 39.5 Å². The van der Waals surface area contributed by atoms with E-state index in [1.807, 2.05) is 0 Å². The quantitative estimate of drug-likeness (QED) is 0.728. The van der Waals surface area contributed by atoms with Crippen molar-refractivity contribution < 1.29 is 14.9 Å². The lowest BCUT2D eigenvalue weighted by Gasteiger charge is -2.47. The van der Waals surface area contributed by atoms with Crippen LogP contribution < -0.4 is 0 Å². The van der Waals surface area contributed by atoms with E-state index >= 15 is 0 Å². The monoisotopic (exact) mass is 268 g/mol. The number of hydrogen-bond donors (Lipinski definition) is 2. The van der Waals surface area contributed by atoms with Crippen LogP contribution in [0.3, 0.4) is 0 Å². The second kappa shape index (κ2) is 7.22. The second-order valence-corrected chi connectivity index (χ2v) is 5.93. The third-order valence-electron chi connectivity index (χ3n) is 4.35. The molecule has 1 fully saturated rings. The fourth-order valence-corrected chi connectivity index (χ4v) is 3.24. The molecule has 1 aliphatic rings. The van der Waals surface area contributed by atoms with Gasteiger partial charge >= 0.3 is 0 Å². The van der Waals surface area contributed by atoms with Crippen molar-refractivity contribution in [3.05, 3.63) is 23.8 Å². The molecular weight excluding hydrogens is 240 g/mol. The van der Waals surface area contributed by atoms with Crippen LogP contribution in [-0.4, -0.2) is 36.6 Å². The van der Waals surface area contributed by atoms with Crippen LogP contribution in [0, 0.1) is 11.3 Å².